The normalized spacial score (nSPS) is 15.8. The van der Waals surface area contributed by atoms with E-state index in [0.29, 0.717) is 21.5 Å². The maximum Gasteiger partial charge on any atom is 0.513 e. The van der Waals surface area contributed by atoms with E-state index in [-0.39, 0.29) is 6.04 Å². The zero-order chi connectivity index (χ0) is 17.7. The molecule has 2 aromatic rings. The average Bonchev–Trinajstić information content (AvgIpc) is 2.60. The molecule has 0 aromatic heterocycles. The topological polar surface area (TPSA) is 47.6 Å². The maximum absolute atomic E-state index is 13.4. The van der Waals surface area contributed by atoms with Crippen LogP contribution in [0.2, 0.25) is 10.0 Å². The van der Waals surface area contributed by atoms with Gasteiger partial charge in [-0.3, -0.25) is 0 Å². The van der Waals surface area contributed by atoms with Crippen molar-refractivity contribution in [3.05, 3.63) is 58.6 Å². The van der Waals surface area contributed by atoms with Crippen LogP contribution in [-0.4, -0.2) is 6.04 Å². The summed E-state index contributed by atoms with van der Waals surface area (Å²) in [7, 11) is -3.60. The van der Waals surface area contributed by atoms with Crippen LogP contribution < -0.4 is 14.1 Å². The zero-order valence-corrected chi connectivity index (χ0v) is 16.1. The van der Waals surface area contributed by atoms with E-state index in [1.165, 1.54) is 6.42 Å². The Kier molecular flexibility index (Phi) is 6.29. The molecule has 4 nitrogen and oxygen atoms in total. The van der Waals surface area contributed by atoms with Crippen molar-refractivity contribution in [3.63, 3.8) is 0 Å². The second-order valence-corrected chi connectivity index (χ2v) is 8.54. The summed E-state index contributed by atoms with van der Waals surface area (Å²) in [6.07, 6.45) is 5.34. The van der Waals surface area contributed by atoms with Crippen molar-refractivity contribution in [2.24, 2.45) is 0 Å². The predicted molar refractivity (Wildman–Crippen MR) is 102 cm³/mol. The summed E-state index contributed by atoms with van der Waals surface area (Å²) in [5, 5.41) is 4.27. The molecule has 3 rings (SSSR count). The van der Waals surface area contributed by atoms with Crippen molar-refractivity contribution in [2.45, 2.75) is 38.1 Å². The number of hydrogen-bond acceptors (Lipinski definition) is 3. The molecule has 25 heavy (non-hydrogen) atoms. The summed E-state index contributed by atoms with van der Waals surface area (Å²) in [5.74, 6) is 0.870. The number of halogens is 2. The van der Waals surface area contributed by atoms with Crippen LogP contribution >= 0.6 is 30.9 Å². The molecule has 0 radical (unpaired) electrons. The average molecular weight is 400 g/mol. The van der Waals surface area contributed by atoms with Crippen LogP contribution in [0.4, 0.5) is 0 Å². The van der Waals surface area contributed by atoms with E-state index < -0.39 is 7.75 Å². The number of rotatable bonds is 6. The molecule has 0 spiro atoms. The van der Waals surface area contributed by atoms with E-state index in [1.54, 1.807) is 48.5 Å². The molecule has 0 heterocycles. The highest BCUT2D eigenvalue weighted by atomic mass is 35.5. The van der Waals surface area contributed by atoms with Gasteiger partial charge in [-0.2, -0.15) is 5.09 Å². The van der Waals surface area contributed by atoms with Gasteiger partial charge < -0.3 is 9.05 Å². The molecular weight excluding hydrogens is 380 g/mol. The van der Waals surface area contributed by atoms with Gasteiger partial charge in [0.2, 0.25) is 0 Å². The monoisotopic (exact) mass is 399 g/mol. The van der Waals surface area contributed by atoms with Crippen molar-refractivity contribution < 1.29 is 13.6 Å². The Hall–Kier alpha value is -1.19. The summed E-state index contributed by atoms with van der Waals surface area (Å²) in [6.45, 7) is 0. The Morgan fingerprint density at radius 3 is 1.68 bits per heavy atom. The van der Waals surface area contributed by atoms with Gasteiger partial charge in [-0.05, 0) is 61.4 Å². The van der Waals surface area contributed by atoms with Gasteiger partial charge in [-0.1, -0.05) is 42.5 Å². The minimum absolute atomic E-state index is 0.110. The lowest BCUT2D eigenvalue weighted by Gasteiger charge is -2.27. The third kappa shape index (κ3) is 5.65. The minimum Gasteiger partial charge on any atom is -0.405 e. The molecule has 0 bridgehead atoms. The molecule has 1 aliphatic carbocycles. The van der Waals surface area contributed by atoms with Gasteiger partial charge in [-0.25, -0.2) is 4.57 Å². The number of nitrogens with one attached hydrogen (secondary N) is 1. The first-order valence-electron chi connectivity index (χ1n) is 8.31. The van der Waals surface area contributed by atoms with E-state index in [1.807, 2.05) is 0 Å². The van der Waals surface area contributed by atoms with Gasteiger partial charge in [0.1, 0.15) is 11.5 Å². The second-order valence-electron chi connectivity index (χ2n) is 6.05. The minimum atomic E-state index is -3.60. The molecule has 0 saturated heterocycles. The van der Waals surface area contributed by atoms with Crippen LogP contribution in [0.25, 0.3) is 0 Å². The molecule has 134 valence electrons. The van der Waals surface area contributed by atoms with E-state index in [0.717, 1.165) is 25.7 Å². The predicted octanol–water partition coefficient (Wildman–Crippen LogP) is 6.48. The first-order valence-corrected chi connectivity index (χ1v) is 10.6. The fraction of sp³-hybridized carbons (Fsp3) is 0.333. The van der Waals surface area contributed by atoms with Crippen LogP contribution in [-0.2, 0) is 4.57 Å². The van der Waals surface area contributed by atoms with E-state index >= 15 is 0 Å². The first kappa shape index (κ1) is 18.6. The van der Waals surface area contributed by atoms with E-state index in [9.17, 15) is 4.57 Å². The van der Waals surface area contributed by atoms with Crippen molar-refractivity contribution >= 4 is 30.9 Å². The Labute approximate surface area is 158 Å². The van der Waals surface area contributed by atoms with E-state index in [2.05, 4.69) is 5.09 Å². The standard InChI is InChI=1S/C18H20Cl2NO3P/c19-14-6-10-17(11-7-14)23-25(22,21-16-4-2-1-3-5-16)24-18-12-8-15(20)9-13-18/h6-13,16H,1-5H2,(H,21,22). The fourth-order valence-electron chi connectivity index (χ4n) is 2.80. The van der Waals surface area contributed by atoms with Gasteiger partial charge in [0, 0.05) is 16.1 Å². The molecule has 0 aliphatic heterocycles. The van der Waals surface area contributed by atoms with Gasteiger partial charge in [0.25, 0.3) is 0 Å². The van der Waals surface area contributed by atoms with Crippen molar-refractivity contribution in [1.82, 2.24) is 5.09 Å². The number of benzene rings is 2. The van der Waals surface area contributed by atoms with Crippen molar-refractivity contribution in [3.8, 4) is 11.5 Å². The lowest BCUT2D eigenvalue weighted by Crippen LogP contribution is -2.31. The molecule has 0 atom stereocenters. The molecule has 0 amide bonds. The summed E-state index contributed by atoms with van der Waals surface area (Å²) < 4.78 is 24.8. The number of hydrogen-bond donors (Lipinski definition) is 1. The van der Waals surface area contributed by atoms with E-state index in [4.69, 9.17) is 32.2 Å². The third-order valence-electron chi connectivity index (χ3n) is 4.02. The maximum atomic E-state index is 13.4. The van der Waals surface area contributed by atoms with Crippen LogP contribution in [0.3, 0.4) is 0 Å². The van der Waals surface area contributed by atoms with Gasteiger partial charge in [-0.15, -0.1) is 0 Å². The second kappa shape index (κ2) is 8.46. The molecule has 7 heteroatoms. The third-order valence-corrected chi connectivity index (χ3v) is 6.11. The molecule has 1 aliphatic rings. The molecule has 1 saturated carbocycles. The first-order chi connectivity index (χ1) is 12.0. The fourth-order valence-corrected chi connectivity index (χ4v) is 4.69. The molecule has 1 fully saturated rings. The summed E-state index contributed by atoms with van der Waals surface area (Å²) in [4.78, 5) is 0. The van der Waals surface area contributed by atoms with Crippen molar-refractivity contribution in [2.75, 3.05) is 0 Å². The van der Waals surface area contributed by atoms with Crippen molar-refractivity contribution in [1.29, 1.82) is 0 Å². The van der Waals surface area contributed by atoms with Gasteiger partial charge >= 0.3 is 7.75 Å². The Morgan fingerprint density at radius 2 is 1.24 bits per heavy atom. The molecule has 0 unspecified atom stereocenters. The Balaban J connectivity index is 1.79. The largest absolute Gasteiger partial charge is 0.513 e. The Bertz CT molecular complexity index is 679. The highest BCUT2D eigenvalue weighted by Gasteiger charge is 2.32. The molecule has 2 aromatic carbocycles. The SMILES string of the molecule is O=P(NC1CCCCC1)(Oc1ccc(Cl)cc1)Oc1ccc(Cl)cc1. The van der Waals surface area contributed by atoms with Gasteiger partial charge in [0.15, 0.2) is 0 Å². The quantitative estimate of drug-likeness (QED) is 0.564. The Morgan fingerprint density at radius 1 is 0.800 bits per heavy atom. The summed E-state index contributed by atoms with van der Waals surface area (Å²) >= 11 is 11.8. The van der Waals surface area contributed by atoms with Gasteiger partial charge in [0.05, 0.1) is 0 Å². The molecule has 1 N–H and O–H groups in total. The summed E-state index contributed by atoms with van der Waals surface area (Å²) in [6, 6.07) is 13.5. The zero-order valence-electron chi connectivity index (χ0n) is 13.7. The lowest BCUT2D eigenvalue weighted by molar-refractivity contribution is 0.336. The highest BCUT2D eigenvalue weighted by Crippen LogP contribution is 2.46. The summed E-state index contributed by atoms with van der Waals surface area (Å²) in [5.41, 5.74) is 0. The molecular formula is C18H20Cl2NO3P. The highest BCUT2D eigenvalue weighted by molar-refractivity contribution is 7.52. The van der Waals surface area contributed by atoms with Crippen LogP contribution in [0.15, 0.2) is 48.5 Å². The van der Waals surface area contributed by atoms with Crippen LogP contribution in [0.1, 0.15) is 32.1 Å². The van der Waals surface area contributed by atoms with Crippen LogP contribution in [0, 0.1) is 0 Å². The smallest absolute Gasteiger partial charge is 0.405 e. The van der Waals surface area contributed by atoms with Crippen LogP contribution in [0.5, 0.6) is 11.5 Å². The lowest BCUT2D eigenvalue weighted by atomic mass is 9.96.